The Kier molecular flexibility index (Phi) is 5.90. The fraction of sp³-hybridized carbons (Fsp3) is 0.400. The normalized spacial score (nSPS) is 12.5. The molecule has 0 aliphatic heterocycles. The summed E-state index contributed by atoms with van der Waals surface area (Å²) in [5, 5.41) is 29.5. The van der Waals surface area contributed by atoms with Gasteiger partial charge >= 0.3 is 0 Å². The second-order valence-electron chi connectivity index (χ2n) is 8.41. The van der Waals surface area contributed by atoms with Gasteiger partial charge < -0.3 is 5.11 Å². The number of aromatic hydroxyl groups is 1. The van der Waals surface area contributed by atoms with E-state index in [1.165, 1.54) is 18.2 Å². The highest BCUT2D eigenvalue weighted by molar-refractivity contribution is 6.30. The van der Waals surface area contributed by atoms with Crippen molar-refractivity contribution >= 4 is 28.7 Å². The van der Waals surface area contributed by atoms with Crippen molar-refractivity contribution in [3.05, 3.63) is 57.1 Å². The second-order valence-corrected chi connectivity index (χ2v) is 8.85. The molecule has 0 fully saturated rings. The number of nitro groups is 1. The zero-order valence-electron chi connectivity index (χ0n) is 16.2. The average molecular weight is 390 g/mol. The second kappa shape index (κ2) is 7.64. The zero-order valence-corrected chi connectivity index (χ0v) is 16.9. The highest BCUT2D eigenvalue weighted by atomic mass is 35.5. The molecule has 2 aromatic rings. The van der Waals surface area contributed by atoms with E-state index < -0.39 is 4.92 Å². The minimum absolute atomic E-state index is 0.0364. The minimum atomic E-state index is -0.567. The van der Waals surface area contributed by atoms with Crippen LogP contribution >= 0.6 is 11.6 Å². The fourth-order valence-corrected chi connectivity index (χ4v) is 3.45. The van der Waals surface area contributed by atoms with Crippen molar-refractivity contribution in [2.24, 2.45) is 15.6 Å². The number of benzene rings is 2. The third-order valence-electron chi connectivity index (χ3n) is 4.13. The molecule has 7 heteroatoms. The first kappa shape index (κ1) is 20.8. The number of hydrogen-bond donors (Lipinski definition) is 1. The molecule has 0 amide bonds. The summed E-state index contributed by atoms with van der Waals surface area (Å²) in [4.78, 5) is 10.6. The van der Waals surface area contributed by atoms with E-state index in [-0.39, 0.29) is 38.7 Å². The Hall–Kier alpha value is -2.47. The molecule has 0 unspecified atom stereocenters. The number of nitro benzene ring substituents is 1. The fourth-order valence-electron chi connectivity index (χ4n) is 3.29. The first-order valence-electron chi connectivity index (χ1n) is 8.58. The van der Waals surface area contributed by atoms with E-state index in [1.54, 1.807) is 12.1 Å². The van der Waals surface area contributed by atoms with Gasteiger partial charge in [-0.05, 0) is 47.1 Å². The summed E-state index contributed by atoms with van der Waals surface area (Å²) in [7, 11) is 0. The highest BCUT2D eigenvalue weighted by Gasteiger charge is 2.28. The lowest BCUT2D eigenvalue weighted by atomic mass is 9.72. The van der Waals surface area contributed by atoms with Crippen molar-refractivity contribution in [2.75, 3.05) is 0 Å². The van der Waals surface area contributed by atoms with Gasteiger partial charge in [0.05, 0.1) is 4.92 Å². The summed E-state index contributed by atoms with van der Waals surface area (Å²) < 4.78 is 0. The first-order valence-corrected chi connectivity index (χ1v) is 8.96. The van der Waals surface area contributed by atoms with E-state index in [9.17, 15) is 15.2 Å². The zero-order chi connectivity index (χ0) is 20.4. The summed E-state index contributed by atoms with van der Waals surface area (Å²) in [6.07, 6.45) is 0.935. The number of halogens is 1. The van der Waals surface area contributed by atoms with E-state index >= 15 is 0 Å². The van der Waals surface area contributed by atoms with Gasteiger partial charge in [-0.25, -0.2) is 0 Å². The van der Waals surface area contributed by atoms with Crippen molar-refractivity contribution in [3.63, 3.8) is 0 Å². The monoisotopic (exact) mass is 389 g/mol. The van der Waals surface area contributed by atoms with E-state index in [1.807, 2.05) is 6.07 Å². The molecule has 2 rings (SSSR count). The van der Waals surface area contributed by atoms with Crippen LogP contribution in [0.1, 0.15) is 46.6 Å². The van der Waals surface area contributed by atoms with Crippen LogP contribution in [0.15, 0.2) is 46.6 Å². The molecule has 0 aliphatic carbocycles. The predicted octanol–water partition coefficient (Wildman–Crippen LogP) is 7.08. The Bertz CT molecular complexity index is 887. The van der Waals surface area contributed by atoms with Gasteiger partial charge in [-0.2, -0.15) is 0 Å². The SMILES string of the molecule is CC(C)(C)CC(C)(C)c1ccc(O)c(/N=N/c2ccc(Cl)cc2[N+](=O)[O-])c1. The van der Waals surface area contributed by atoms with Gasteiger partial charge in [0.25, 0.3) is 5.69 Å². The molecule has 0 radical (unpaired) electrons. The maximum atomic E-state index is 11.2. The summed E-state index contributed by atoms with van der Waals surface area (Å²) >= 11 is 5.81. The van der Waals surface area contributed by atoms with Crippen LogP contribution in [0.4, 0.5) is 17.1 Å². The molecule has 0 bridgehead atoms. The Morgan fingerprint density at radius 3 is 2.26 bits per heavy atom. The predicted molar refractivity (Wildman–Crippen MR) is 107 cm³/mol. The van der Waals surface area contributed by atoms with Crippen LogP contribution in [0.2, 0.25) is 5.02 Å². The number of phenolic OH excluding ortho intramolecular Hbond substituents is 1. The molecule has 144 valence electrons. The lowest BCUT2D eigenvalue weighted by Gasteiger charge is -2.33. The molecule has 6 nitrogen and oxygen atoms in total. The molecule has 2 aromatic carbocycles. The van der Waals surface area contributed by atoms with Crippen molar-refractivity contribution in [1.29, 1.82) is 0 Å². The molecule has 0 atom stereocenters. The summed E-state index contributed by atoms with van der Waals surface area (Å²) in [5.41, 5.74) is 1.10. The number of hydrogen-bond acceptors (Lipinski definition) is 5. The van der Waals surface area contributed by atoms with Crippen LogP contribution in [-0.2, 0) is 5.41 Å². The third-order valence-corrected chi connectivity index (χ3v) is 4.36. The Labute approximate surface area is 164 Å². The maximum absolute atomic E-state index is 11.2. The average Bonchev–Trinajstić information content (AvgIpc) is 2.52. The van der Waals surface area contributed by atoms with Crippen LogP contribution < -0.4 is 0 Å². The smallest absolute Gasteiger partial charge is 0.298 e. The van der Waals surface area contributed by atoms with E-state index in [2.05, 4.69) is 44.8 Å². The van der Waals surface area contributed by atoms with Crippen molar-refractivity contribution < 1.29 is 10.0 Å². The summed E-state index contributed by atoms with van der Waals surface area (Å²) in [6, 6.07) is 9.36. The molecular formula is C20H24ClN3O3. The van der Waals surface area contributed by atoms with E-state index in [4.69, 9.17) is 11.6 Å². The number of rotatable bonds is 5. The quantitative estimate of drug-likeness (QED) is 0.336. The van der Waals surface area contributed by atoms with Gasteiger partial charge in [0.15, 0.2) is 5.69 Å². The maximum Gasteiger partial charge on any atom is 0.298 e. The molecule has 0 heterocycles. The van der Waals surface area contributed by atoms with Gasteiger partial charge in [-0.15, -0.1) is 10.2 Å². The molecular weight excluding hydrogens is 366 g/mol. The Balaban J connectivity index is 2.41. The van der Waals surface area contributed by atoms with Gasteiger partial charge in [0, 0.05) is 11.1 Å². The van der Waals surface area contributed by atoms with Crippen LogP contribution in [0.3, 0.4) is 0 Å². The third kappa shape index (κ3) is 5.50. The van der Waals surface area contributed by atoms with Gasteiger partial charge in [0.2, 0.25) is 0 Å². The molecule has 27 heavy (non-hydrogen) atoms. The van der Waals surface area contributed by atoms with Crippen molar-refractivity contribution in [2.45, 2.75) is 46.5 Å². The lowest BCUT2D eigenvalue weighted by Crippen LogP contribution is -2.24. The highest BCUT2D eigenvalue weighted by Crippen LogP contribution is 2.40. The molecule has 0 aromatic heterocycles. The summed E-state index contributed by atoms with van der Waals surface area (Å²) in [6.45, 7) is 10.8. The standard InChI is InChI=1S/C20H24ClN3O3/c1-19(2,3)12-20(4,5)13-6-9-18(25)16(10-13)23-22-15-8-7-14(21)11-17(15)24(26)27/h6-11,25H,12H2,1-5H3/b23-22+. The Morgan fingerprint density at radius 1 is 1.04 bits per heavy atom. The molecule has 0 aliphatic rings. The topological polar surface area (TPSA) is 88.1 Å². The molecule has 0 saturated heterocycles. The minimum Gasteiger partial charge on any atom is -0.506 e. The molecule has 1 N–H and O–H groups in total. The lowest BCUT2D eigenvalue weighted by molar-refractivity contribution is -0.384. The van der Waals surface area contributed by atoms with Crippen molar-refractivity contribution in [3.8, 4) is 5.75 Å². The van der Waals surface area contributed by atoms with Crippen LogP contribution in [0.25, 0.3) is 0 Å². The number of azo groups is 1. The van der Waals surface area contributed by atoms with Gasteiger partial charge in [0.1, 0.15) is 11.4 Å². The molecule has 0 saturated carbocycles. The Morgan fingerprint density at radius 2 is 1.67 bits per heavy atom. The van der Waals surface area contributed by atoms with Crippen molar-refractivity contribution in [1.82, 2.24) is 0 Å². The van der Waals surface area contributed by atoms with E-state index in [0.29, 0.717) is 0 Å². The largest absolute Gasteiger partial charge is 0.506 e. The van der Waals surface area contributed by atoms with Crippen LogP contribution in [-0.4, -0.2) is 10.0 Å². The molecule has 0 spiro atoms. The first-order chi connectivity index (χ1) is 12.4. The van der Waals surface area contributed by atoms with Gasteiger partial charge in [-0.1, -0.05) is 52.3 Å². The number of phenols is 1. The number of nitrogens with zero attached hydrogens (tertiary/aromatic N) is 3. The summed E-state index contributed by atoms with van der Waals surface area (Å²) in [5.74, 6) is -0.0364. The van der Waals surface area contributed by atoms with E-state index in [0.717, 1.165) is 12.0 Å². The van der Waals surface area contributed by atoms with Crippen LogP contribution in [0.5, 0.6) is 5.75 Å². The van der Waals surface area contributed by atoms with Gasteiger partial charge in [-0.3, -0.25) is 10.1 Å². The van der Waals surface area contributed by atoms with Crippen LogP contribution in [0, 0.1) is 15.5 Å².